The molecular weight excluding hydrogens is 242 g/mol. The van der Waals surface area contributed by atoms with Gasteiger partial charge in [-0.1, -0.05) is 23.7 Å². The third-order valence-electron chi connectivity index (χ3n) is 2.44. The highest BCUT2D eigenvalue weighted by atomic mass is 35.5. The third-order valence-corrected chi connectivity index (χ3v) is 3.18. The maximum Gasteiger partial charge on any atom is 0.0915 e. The molecule has 0 bridgehead atoms. The minimum absolute atomic E-state index is 0.208. The van der Waals surface area contributed by atoms with Crippen LogP contribution in [0.3, 0.4) is 0 Å². The van der Waals surface area contributed by atoms with Crippen LogP contribution in [-0.2, 0) is 6.42 Å². The molecule has 1 aromatic carbocycles. The molecule has 16 heavy (non-hydrogen) atoms. The Hall–Kier alpha value is -0.970. The van der Waals surface area contributed by atoms with E-state index in [9.17, 15) is 0 Å². The quantitative estimate of drug-likeness (QED) is 0.911. The Bertz CT molecular complexity index is 427. The molecule has 3 nitrogen and oxygen atoms in total. The van der Waals surface area contributed by atoms with E-state index in [-0.39, 0.29) is 6.04 Å². The summed E-state index contributed by atoms with van der Waals surface area (Å²) in [5.74, 6) is 0. The second kappa shape index (κ2) is 5.39. The lowest BCUT2D eigenvalue weighted by Crippen LogP contribution is -2.19. The molecule has 5 heteroatoms. The average Bonchev–Trinajstić information content (AvgIpc) is 2.82. The van der Waals surface area contributed by atoms with Gasteiger partial charge in [0.15, 0.2) is 0 Å². The summed E-state index contributed by atoms with van der Waals surface area (Å²) in [7, 11) is 1.93. The van der Waals surface area contributed by atoms with E-state index in [0.29, 0.717) is 0 Å². The molecule has 0 amide bonds. The standard InChI is InChI=1S/C11H12ClN3S/c1-13-10(11-7-14-16-15-11)6-8-2-4-9(12)5-3-8/h2-5,7,10,13H,6H2,1H3. The van der Waals surface area contributed by atoms with Crippen LogP contribution >= 0.6 is 23.3 Å². The van der Waals surface area contributed by atoms with Gasteiger partial charge in [-0.25, -0.2) is 0 Å². The van der Waals surface area contributed by atoms with Crippen LogP contribution in [0.1, 0.15) is 17.3 Å². The zero-order chi connectivity index (χ0) is 11.4. The number of nitrogens with one attached hydrogen (secondary N) is 1. The van der Waals surface area contributed by atoms with E-state index >= 15 is 0 Å². The summed E-state index contributed by atoms with van der Waals surface area (Å²) in [5.41, 5.74) is 2.22. The second-order valence-corrected chi connectivity index (χ2v) is 4.50. The van der Waals surface area contributed by atoms with E-state index in [2.05, 4.69) is 14.1 Å². The van der Waals surface area contributed by atoms with Gasteiger partial charge in [-0.15, -0.1) is 0 Å². The van der Waals surface area contributed by atoms with Crippen LogP contribution in [0.5, 0.6) is 0 Å². The van der Waals surface area contributed by atoms with E-state index in [1.54, 1.807) is 0 Å². The lowest BCUT2D eigenvalue weighted by Gasteiger charge is -2.13. The highest BCUT2D eigenvalue weighted by Gasteiger charge is 2.12. The number of halogens is 1. The van der Waals surface area contributed by atoms with Crippen LogP contribution in [0.15, 0.2) is 30.5 Å². The van der Waals surface area contributed by atoms with E-state index in [1.165, 1.54) is 17.3 Å². The zero-order valence-electron chi connectivity index (χ0n) is 8.85. The van der Waals surface area contributed by atoms with E-state index in [1.807, 2.05) is 37.5 Å². The van der Waals surface area contributed by atoms with Gasteiger partial charge in [-0.05, 0) is 31.2 Å². The highest BCUT2D eigenvalue weighted by Crippen LogP contribution is 2.18. The van der Waals surface area contributed by atoms with Crippen molar-refractivity contribution < 1.29 is 0 Å². The molecular formula is C11H12ClN3S. The normalized spacial score (nSPS) is 12.6. The summed E-state index contributed by atoms with van der Waals surface area (Å²) in [6, 6.07) is 8.09. The number of likely N-dealkylation sites (N-methyl/N-ethyl adjacent to an activating group) is 1. The molecule has 0 radical (unpaired) electrons. The maximum absolute atomic E-state index is 5.85. The fourth-order valence-corrected chi connectivity index (χ4v) is 2.13. The SMILES string of the molecule is CNC(Cc1ccc(Cl)cc1)c1cnsn1. The molecule has 0 aliphatic rings. The zero-order valence-corrected chi connectivity index (χ0v) is 10.4. The molecule has 1 atom stereocenters. The fraction of sp³-hybridized carbons (Fsp3) is 0.273. The molecule has 0 aliphatic carbocycles. The van der Waals surface area contributed by atoms with Crippen molar-refractivity contribution in [2.75, 3.05) is 7.05 Å². The predicted octanol–water partition coefficient (Wildman–Crippen LogP) is 2.69. The molecule has 1 aromatic heterocycles. The largest absolute Gasteiger partial charge is 0.311 e. The number of hydrogen-bond acceptors (Lipinski definition) is 4. The van der Waals surface area contributed by atoms with Crippen molar-refractivity contribution in [1.82, 2.24) is 14.1 Å². The Morgan fingerprint density at radius 2 is 2.12 bits per heavy atom. The van der Waals surface area contributed by atoms with Crippen LogP contribution in [-0.4, -0.2) is 15.8 Å². The molecule has 1 N–H and O–H groups in total. The average molecular weight is 254 g/mol. The first-order valence-corrected chi connectivity index (χ1v) is 6.09. The van der Waals surface area contributed by atoms with Crippen molar-refractivity contribution in [3.8, 4) is 0 Å². The Balaban J connectivity index is 2.10. The summed E-state index contributed by atoms with van der Waals surface area (Å²) >= 11 is 7.08. The molecule has 1 heterocycles. The number of rotatable bonds is 4. The summed E-state index contributed by atoms with van der Waals surface area (Å²) in [4.78, 5) is 0. The molecule has 84 valence electrons. The maximum atomic E-state index is 5.85. The number of benzene rings is 1. The molecule has 2 rings (SSSR count). The minimum Gasteiger partial charge on any atom is -0.311 e. The van der Waals surface area contributed by atoms with Crippen molar-refractivity contribution in [2.45, 2.75) is 12.5 Å². The first kappa shape index (κ1) is 11.5. The molecule has 0 saturated heterocycles. The highest BCUT2D eigenvalue weighted by molar-refractivity contribution is 6.99. The smallest absolute Gasteiger partial charge is 0.0915 e. The van der Waals surface area contributed by atoms with Gasteiger partial charge in [0.05, 0.1) is 29.7 Å². The van der Waals surface area contributed by atoms with Gasteiger partial charge < -0.3 is 5.32 Å². The molecule has 0 fully saturated rings. The lowest BCUT2D eigenvalue weighted by atomic mass is 10.0. The van der Waals surface area contributed by atoms with E-state index in [0.717, 1.165) is 17.1 Å². The first-order chi connectivity index (χ1) is 7.79. The van der Waals surface area contributed by atoms with E-state index in [4.69, 9.17) is 11.6 Å². The van der Waals surface area contributed by atoms with Crippen molar-refractivity contribution in [1.29, 1.82) is 0 Å². The molecule has 0 aliphatic heterocycles. The third kappa shape index (κ3) is 2.78. The van der Waals surface area contributed by atoms with Gasteiger partial charge in [-0.3, -0.25) is 0 Å². The molecule has 0 spiro atoms. The van der Waals surface area contributed by atoms with Crippen LogP contribution in [0.2, 0.25) is 5.02 Å². The van der Waals surface area contributed by atoms with Gasteiger partial charge in [-0.2, -0.15) is 8.75 Å². The van der Waals surface area contributed by atoms with Crippen molar-refractivity contribution in [3.63, 3.8) is 0 Å². The van der Waals surface area contributed by atoms with E-state index < -0.39 is 0 Å². The summed E-state index contributed by atoms with van der Waals surface area (Å²) < 4.78 is 8.26. The Kier molecular flexibility index (Phi) is 3.88. The van der Waals surface area contributed by atoms with Crippen LogP contribution in [0.4, 0.5) is 0 Å². The Morgan fingerprint density at radius 1 is 1.38 bits per heavy atom. The van der Waals surface area contributed by atoms with Gasteiger partial charge in [0.1, 0.15) is 0 Å². The van der Waals surface area contributed by atoms with Crippen molar-refractivity contribution in [3.05, 3.63) is 46.7 Å². The van der Waals surface area contributed by atoms with Gasteiger partial charge >= 0.3 is 0 Å². The Morgan fingerprint density at radius 3 is 2.69 bits per heavy atom. The predicted molar refractivity (Wildman–Crippen MR) is 66.9 cm³/mol. The Labute approximate surface area is 104 Å². The molecule has 1 unspecified atom stereocenters. The summed E-state index contributed by atoms with van der Waals surface area (Å²) in [6.07, 6.45) is 2.70. The number of nitrogens with zero attached hydrogens (tertiary/aromatic N) is 2. The first-order valence-electron chi connectivity index (χ1n) is 4.99. The van der Waals surface area contributed by atoms with Gasteiger partial charge in [0.2, 0.25) is 0 Å². The minimum atomic E-state index is 0.208. The van der Waals surface area contributed by atoms with Gasteiger partial charge in [0.25, 0.3) is 0 Å². The van der Waals surface area contributed by atoms with Crippen molar-refractivity contribution >= 4 is 23.3 Å². The van der Waals surface area contributed by atoms with Crippen LogP contribution in [0.25, 0.3) is 0 Å². The summed E-state index contributed by atoms with van der Waals surface area (Å²) in [6.45, 7) is 0. The van der Waals surface area contributed by atoms with Crippen molar-refractivity contribution in [2.24, 2.45) is 0 Å². The van der Waals surface area contributed by atoms with Gasteiger partial charge in [0, 0.05) is 5.02 Å². The van der Waals surface area contributed by atoms with Crippen LogP contribution in [0, 0.1) is 0 Å². The summed E-state index contributed by atoms with van der Waals surface area (Å²) in [5, 5.41) is 4.00. The number of hydrogen-bond donors (Lipinski definition) is 1. The fourth-order valence-electron chi connectivity index (χ4n) is 1.54. The topological polar surface area (TPSA) is 37.8 Å². The lowest BCUT2D eigenvalue weighted by molar-refractivity contribution is 0.580. The number of aromatic nitrogens is 2. The second-order valence-electron chi connectivity index (χ2n) is 3.50. The monoisotopic (exact) mass is 253 g/mol. The molecule has 0 saturated carbocycles. The molecule has 2 aromatic rings. The van der Waals surface area contributed by atoms with Crippen LogP contribution < -0.4 is 5.32 Å².